The van der Waals surface area contributed by atoms with Crippen LogP contribution in [-0.2, 0) is 0 Å². The van der Waals surface area contributed by atoms with Gasteiger partial charge in [0.1, 0.15) is 5.75 Å². The van der Waals surface area contributed by atoms with E-state index in [9.17, 15) is 0 Å². The quantitative estimate of drug-likeness (QED) is 0.758. The van der Waals surface area contributed by atoms with Crippen molar-refractivity contribution < 1.29 is 4.74 Å². The van der Waals surface area contributed by atoms with Gasteiger partial charge in [0.05, 0.1) is 7.11 Å². The van der Waals surface area contributed by atoms with Crippen LogP contribution in [0.4, 0.5) is 0 Å². The van der Waals surface area contributed by atoms with E-state index >= 15 is 0 Å². The molecule has 0 bridgehead atoms. The molecule has 1 heterocycles. The molecule has 0 N–H and O–H groups in total. The topological polar surface area (TPSA) is 12.5 Å². The van der Waals surface area contributed by atoms with Crippen molar-refractivity contribution in [3.05, 3.63) is 29.3 Å². The third-order valence-corrected chi connectivity index (χ3v) is 3.61. The van der Waals surface area contributed by atoms with Crippen LogP contribution in [0.3, 0.4) is 0 Å². The molecule has 1 aliphatic heterocycles. The van der Waals surface area contributed by atoms with Crippen molar-refractivity contribution in [2.75, 3.05) is 27.2 Å². The molecular weight excluding hydrogens is 198 g/mol. The Labute approximate surface area is 98.2 Å². The Kier molecular flexibility index (Phi) is 3.49. The van der Waals surface area contributed by atoms with Crippen LogP contribution in [0.1, 0.15) is 29.9 Å². The lowest BCUT2D eigenvalue weighted by atomic mass is 9.89. The van der Waals surface area contributed by atoms with Crippen molar-refractivity contribution in [1.82, 2.24) is 4.90 Å². The van der Waals surface area contributed by atoms with Crippen molar-refractivity contribution in [2.24, 2.45) is 0 Å². The van der Waals surface area contributed by atoms with Crippen LogP contribution in [0.15, 0.2) is 18.2 Å². The SMILES string of the molecule is COc1ccc(C2CCN(C)CC2)cc1C. The highest BCUT2D eigenvalue weighted by Gasteiger charge is 2.18. The van der Waals surface area contributed by atoms with Gasteiger partial charge in [-0.3, -0.25) is 0 Å². The minimum absolute atomic E-state index is 0.737. The second-order valence-corrected chi connectivity index (χ2v) is 4.81. The lowest BCUT2D eigenvalue weighted by Crippen LogP contribution is -2.29. The average molecular weight is 219 g/mol. The highest BCUT2D eigenvalue weighted by atomic mass is 16.5. The van der Waals surface area contributed by atoms with Crippen LogP contribution in [0, 0.1) is 6.92 Å². The standard InChI is InChI=1S/C14H21NO/c1-11-10-13(4-5-14(11)16-3)12-6-8-15(2)9-7-12/h4-5,10,12H,6-9H2,1-3H3. The van der Waals surface area contributed by atoms with Crippen LogP contribution in [0.25, 0.3) is 0 Å². The molecule has 2 nitrogen and oxygen atoms in total. The van der Waals surface area contributed by atoms with Gasteiger partial charge in [-0.1, -0.05) is 12.1 Å². The third kappa shape index (κ3) is 2.38. The summed E-state index contributed by atoms with van der Waals surface area (Å²) >= 11 is 0. The smallest absolute Gasteiger partial charge is 0.121 e. The van der Waals surface area contributed by atoms with Crippen molar-refractivity contribution in [1.29, 1.82) is 0 Å². The van der Waals surface area contributed by atoms with E-state index in [0.29, 0.717) is 0 Å². The first-order valence-corrected chi connectivity index (χ1v) is 6.04. The second-order valence-electron chi connectivity index (χ2n) is 4.81. The number of likely N-dealkylation sites (tertiary alicyclic amines) is 1. The summed E-state index contributed by atoms with van der Waals surface area (Å²) in [6, 6.07) is 6.61. The summed E-state index contributed by atoms with van der Waals surface area (Å²) in [5.74, 6) is 1.73. The molecule has 0 atom stereocenters. The van der Waals surface area contributed by atoms with Gasteiger partial charge in [0.2, 0.25) is 0 Å². The molecule has 1 aromatic carbocycles. The number of methoxy groups -OCH3 is 1. The summed E-state index contributed by atoms with van der Waals surface area (Å²) in [5.41, 5.74) is 2.73. The molecule has 1 saturated heterocycles. The monoisotopic (exact) mass is 219 g/mol. The lowest BCUT2D eigenvalue weighted by Gasteiger charge is -2.29. The minimum atomic E-state index is 0.737. The molecule has 1 aromatic rings. The van der Waals surface area contributed by atoms with Crippen molar-refractivity contribution >= 4 is 0 Å². The number of piperidine rings is 1. The normalized spacial score (nSPS) is 18.7. The first-order valence-electron chi connectivity index (χ1n) is 6.04. The molecule has 88 valence electrons. The van der Waals surface area contributed by atoms with E-state index in [2.05, 4.69) is 37.1 Å². The summed E-state index contributed by atoms with van der Waals surface area (Å²) in [7, 11) is 3.94. The largest absolute Gasteiger partial charge is 0.496 e. The Hall–Kier alpha value is -1.02. The van der Waals surface area contributed by atoms with Gasteiger partial charge in [-0.05, 0) is 63.0 Å². The van der Waals surface area contributed by atoms with Gasteiger partial charge in [0.25, 0.3) is 0 Å². The molecule has 16 heavy (non-hydrogen) atoms. The molecule has 0 radical (unpaired) electrons. The van der Waals surface area contributed by atoms with E-state index in [1.54, 1.807) is 7.11 Å². The van der Waals surface area contributed by atoms with Crippen molar-refractivity contribution in [2.45, 2.75) is 25.7 Å². The molecule has 0 saturated carbocycles. The average Bonchev–Trinajstić information content (AvgIpc) is 2.30. The molecule has 2 heteroatoms. The number of hydrogen-bond acceptors (Lipinski definition) is 2. The number of nitrogens with zero attached hydrogens (tertiary/aromatic N) is 1. The van der Waals surface area contributed by atoms with E-state index in [1.807, 2.05) is 0 Å². The van der Waals surface area contributed by atoms with E-state index in [4.69, 9.17) is 4.74 Å². The van der Waals surface area contributed by atoms with E-state index in [1.165, 1.54) is 37.1 Å². The van der Waals surface area contributed by atoms with E-state index in [0.717, 1.165) is 11.7 Å². The lowest BCUT2D eigenvalue weighted by molar-refractivity contribution is 0.255. The van der Waals surface area contributed by atoms with E-state index in [-0.39, 0.29) is 0 Å². The van der Waals surface area contributed by atoms with E-state index < -0.39 is 0 Å². The molecule has 1 aliphatic rings. The summed E-state index contributed by atoms with van der Waals surface area (Å²) in [6.07, 6.45) is 2.56. The fourth-order valence-electron chi connectivity index (χ4n) is 2.50. The number of aryl methyl sites for hydroxylation is 1. The Morgan fingerprint density at radius 1 is 1.25 bits per heavy atom. The summed E-state index contributed by atoms with van der Waals surface area (Å²) < 4.78 is 5.30. The maximum absolute atomic E-state index is 5.30. The molecule has 0 aromatic heterocycles. The fraction of sp³-hybridized carbons (Fsp3) is 0.571. The maximum atomic E-state index is 5.30. The Morgan fingerprint density at radius 3 is 2.50 bits per heavy atom. The van der Waals surface area contributed by atoms with Gasteiger partial charge in [0, 0.05) is 0 Å². The summed E-state index contributed by atoms with van der Waals surface area (Å²) in [4.78, 5) is 2.41. The van der Waals surface area contributed by atoms with Gasteiger partial charge >= 0.3 is 0 Å². The predicted molar refractivity (Wildman–Crippen MR) is 67.2 cm³/mol. The van der Waals surface area contributed by atoms with Crippen LogP contribution in [0.5, 0.6) is 5.75 Å². The minimum Gasteiger partial charge on any atom is -0.496 e. The van der Waals surface area contributed by atoms with Gasteiger partial charge in [-0.2, -0.15) is 0 Å². The van der Waals surface area contributed by atoms with Crippen LogP contribution in [-0.4, -0.2) is 32.1 Å². The molecule has 1 fully saturated rings. The van der Waals surface area contributed by atoms with Gasteiger partial charge in [-0.15, -0.1) is 0 Å². The second kappa shape index (κ2) is 4.88. The number of hydrogen-bond donors (Lipinski definition) is 0. The molecule has 0 amide bonds. The molecular formula is C14H21NO. The Bertz CT molecular complexity index is 354. The summed E-state index contributed by atoms with van der Waals surface area (Å²) in [6.45, 7) is 4.56. The van der Waals surface area contributed by atoms with Gasteiger partial charge in [-0.25, -0.2) is 0 Å². The van der Waals surface area contributed by atoms with Crippen LogP contribution >= 0.6 is 0 Å². The van der Waals surface area contributed by atoms with Crippen LogP contribution in [0.2, 0.25) is 0 Å². The Balaban J connectivity index is 2.12. The maximum Gasteiger partial charge on any atom is 0.121 e. The number of benzene rings is 1. The Morgan fingerprint density at radius 2 is 1.94 bits per heavy atom. The van der Waals surface area contributed by atoms with Gasteiger partial charge in [0.15, 0.2) is 0 Å². The van der Waals surface area contributed by atoms with Crippen molar-refractivity contribution in [3.8, 4) is 5.75 Å². The predicted octanol–water partition coefficient (Wildman–Crippen LogP) is 2.81. The first-order chi connectivity index (χ1) is 7.70. The van der Waals surface area contributed by atoms with Crippen molar-refractivity contribution in [3.63, 3.8) is 0 Å². The zero-order valence-electron chi connectivity index (χ0n) is 10.5. The molecule has 0 aliphatic carbocycles. The summed E-state index contributed by atoms with van der Waals surface area (Å²) in [5, 5.41) is 0. The van der Waals surface area contributed by atoms with Crippen LogP contribution < -0.4 is 4.74 Å². The highest BCUT2D eigenvalue weighted by molar-refractivity contribution is 5.37. The molecule has 2 rings (SSSR count). The molecule has 0 spiro atoms. The van der Waals surface area contributed by atoms with Gasteiger partial charge < -0.3 is 9.64 Å². The third-order valence-electron chi connectivity index (χ3n) is 3.61. The highest BCUT2D eigenvalue weighted by Crippen LogP contribution is 2.30. The number of ether oxygens (including phenoxy) is 1. The fourth-order valence-corrected chi connectivity index (χ4v) is 2.50. The zero-order valence-corrected chi connectivity index (χ0v) is 10.5. The zero-order chi connectivity index (χ0) is 11.5. The first kappa shape index (κ1) is 11.5. The number of rotatable bonds is 2. The molecule has 0 unspecified atom stereocenters.